The summed E-state index contributed by atoms with van der Waals surface area (Å²) in [4.78, 5) is 22.4. The maximum absolute atomic E-state index is 11.9. The van der Waals surface area contributed by atoms with Gasteiger partial charge in [-0.1, -0.05) is 24.3 Å². The maximum Gasteiger partial charge on any atom is 0.338 e. The first-order valence-corrected chi connectivity index (χ1v) is 6.72. The zero-order valence-corrected chi connectivity index (χ0v) is 12.0. The Kier molecular flexibility index (Phi) is 4.72. The fourth-order valence-corrected chi connectivity index (χ4v) is 1.96. The number of ether oxygens (including phenoxy) is 1. The van der Waals surface area contributed by atoms with Gasteiger partial charge in [0.25, 0.3) is 0 Å². The van der Waals surface area contributed by atoms with Gasteiger partial charge in [0, 0.05) is 5.69 Å². The SMILES string of the molecule is CC(C)OC(=O)c1cccc(-c2cccc(NC=O)c2)c1. The van der Waals surface area contributed by atoms with E-state index < -0.39 is 0 Å². The molecule has 0 heterocycles. The Labute approximate surface area is 123 Å². The number of amides is 1. The van der Waals surface area contributed by atoms with Crippen LogP contribution >= 0.6 is 0 Å². The van der Waals surface area contributed by atoms with E-state index >= 15 is 0 Å². The van der Waals surface area contributed by atoms with E-state index in [-0.39, 0.29) is 12.1 Å². The molecule has 0 aliphatic heterocycles. The first-order valence-electron chi connectivity index (χ1n) is 6.72. The molecule has 21 heavy (non-hydrogen) atoms. The van der Waals surface area contributed by atoms with E-state index in [9.17, 15) is 9.59 Å². The summed E-state index contributed by atoms with van der Waals surface area (Å²) >= 11 is 0. The number of anilines is 1. The second-order valence-electron chi connectivity index (χ2n) is 4.88. The van der Waals surface area contributed by atoms with E-state index in [0.717, 1.165) is 11.1 Å². The molecule has 0 aromatic heterocycles. The molecule has 2 aromatic rings. The molecule has 0 aliphatic rings. The van der Waals surface area contributed by atoms with Crippen LogP contribution in [0, 0.1) is 0 Å². The van der Waals surface area contributed by atoms with Gasteiger partial charge in [0.1, 0.15) is 0 Å². The molecule has 2 rings (SSSR count). The Morgan fingerprint density at radius 3 is 2.43 bits per heavy atom. The minimum atomic E-state index is -0.339. The molecule has 0 radical (unpaired) electrons. The third kappa shape index (κ3) is 3.92. The highest BCUT2D eigenvalue weighted by molar-refractivity contribution is 5.91. The van der Waals surface area contributed by atoms with Crippen molar-refractivity contribution in [2.24, 2.45) is 0 Å². The second kappa shape index (κ2) is 6.70. The van der Waals surface area contributed by atoms with Crippen molar-refractivity contribution >= 4 is 18.1 Å². The molecule has 0 saturated heterocycles. The smallest absolute Gasteiger partial charge is 0.338 e. The highest BCUT2D eigenvalue weighted by Gasteiger charge is 2.10. The van der Waals surface area contributed by atoms with Crippen molar-refractivity contribution in [2.45, 2.75) is 20.0 Å². The monoisotopic (exact) mass is 283 g/mol. The summed E-state index contributed by atoms with van der Waals surface area (Å²) in [5.74, 6) is -0.339. The number of benzene rings is 2. The van der Waals surface area contributed by atoms with Crippen molar-refractivity contribution in [1.82, 2.24) is 0 Å². The maximum atomic E-state index is 11.9. The van der Waals surface area contributed by atoms with Crippen LogP contribution in [0.25, 0.3) is 11.1 Å². The molecule has 0 fully saturated rings. The number of hydrogen-bond donors (Lipinski definition) is 1. The van der Waals surface area contributed by atoms with E-state index in [1.54, 1.807) is 18.2 Å². The third-order valence-electron chi connectivity index (χ3n) is 2.86. The standard InChI is InChI=1S/C17H17NO3/c1-12(2)21-17(20)15-7-3-5-13(9-15)14-6-4-8-16(10-14)18-11-19/h3-12H,1-2H3,(H,18,19). The molecule has 0 bridgehead atoms. The number of esters is 1. The minimum absolute atomic E-state index is 0.152. The van der Waals surface area contributed by atoms with Gasteiger partial charge in [-0.25, -0.2) is 4.79 Å². The molecule has 2 aromatic carbocycles. The number of nitrogens with one attached hydrogen (secondary N) is 1. The zero-order valence-electron chi connectivity index (χ0n) is 12.0. The molecule has 0 unspecified atom stereocenters. The van der Waals surface area contributed by atoms with E-state index in [1.165, 1.54) is 0 Å². The van der Waals surface area contributed by atoms with Gasteiger partial charge in [-0.2, -0.15) is 0 Å². The van der Waals surface area contributed by atoms with E-state index in [2.05, 4.69) is 5.32 Å². The van der Waals surface area contributed by atoms with Gasteiger partial charge >= 0.3 is 5.97 Å². The molecular formula is C17H17NO3. The lowest BCUT2D eigenvalue weighted by atomic mass is 10.0. The van der Waals surface area contributed by atoms with Crippen LogP contribution in [0.15, 0.2) is 48.5 Å². The molecule has 0 saturated carbocycles. The topological polar surface area (TPSA) is 55.4 Å². The lowest BCUT2D eigenvalue weighted by Gasteiger charge is -2.09. The Morgan fingerprint density at radius 1 is 1.10 bits per heavy atom. The Bertz CT molecular complexity index is 650. The third-order valence-corrected chi connectivity index (χ3v) is 2.86. The van der Waals surface area contributed by atoms with Gasteiger partial charge < -0.3 is 10.1 Å². The minimum Gasteiger partial charge on any atom is -0.459 e. The molecule has 0 aliphatic carbocycles. The van der Waals surface area contributed by atoms with Crippen LogP contribution in [0.3, 0.4) is 0 Å². The van der Waals surface area contributed by atoms with Crippen molar-refractivity contribution in [1.29, 1.82) is 0 Å². The summed E-state index contributed by atoms with van der Waals surface area (Å²) < 4.78 is 5.19. The van der Waals surface area contributed by atoms with Crippen LogP contribution in [0.2, 0.25) is 0 Å². The average molecular weight is 283 g/mol. The van der Waals surface area contributed by atoms with Crippen molar-refractivity contribution in [3.8, 4) is 11.1 Å². The van der Waals surface area contributed by atoms with Crippen LogP contribution < -0.4 is 5.32 Å². The number of hydrogen-bond acceptors (Lipinski definition) is 3. The summed E-state index contributed by atoms with van der Waals surface area (Å²) in [7, 11) is 0. The molecule has 108 valence electrons. The highest BCUT2D eigenvalue weighted by atomic mass is 16.5. The second-order valence-corrected chi connectivity index (χ2v) is 4.88. The first-order chi connectivity index (χ1) is 10.1. The molecule has 1 amide bonds. The lowest BCUT2D eigenvalue weighted by Crippen LogP contribution is -2.11. The fraction of sp³-hybridized carbons (Fsp3) is 0.176. The molecular weight excluding hydrogens is 266 g/mol. The van der Waals surface area contributed by atoms with Gasteiger partial charge in [-0.15, -0.1) is 0 Å². The van der Waals surface area contributed by atoms with Crippen molar-refractivity contribution in [3.63, 3.8) is 0 Å². The quantitative estimate of drug-likeness (QED) is 0.675. The van der Waals surface area contributed by atoms with E-state index in [0.29, 0.717) is 17.7 Å². The molecule has 4 nitrogen and oxygen atoms in total. The van der Waals surface area contributed by atoms with Crippen LogP contribution in [0.5, 0.6) is 0 Å². The van der Waals surface area contributed by atoms with Gasteiger partial charge in [0.2, 0.25) is 6.41 Å². The van der Waals surface area contributed by atoms with Gasteiger partial charge in [-0.3, -0.25) is 4.79 Å². The van der Waals surface area contributed by atoms with Crippen molar-refractivity contribution < 1.29 is 14.3 Å². The average Bonchev–Trinajstić information content (AvgIpc) is 2.47. The number of carbonyl (C=O) groups excluding carboxylic acids is 2. The Balaban J connectivity index is 2.30. The molecule has 0 spiro atoms. The van der Waals surface area contributed by atoms with Crippen LogP contribution in [0.4, 0.5) is 5.69 Å². The fourth-order valence-electron chi connectivity index (χ4n) is 1.96. The molecule has 4 heteroatoms. The summed E-state index contributed by atoms with van der Waals surface area (Å²) in [6.07, 6.45) is 0.483. The highest BCUT2D eigenvalue weighted by Crippen LogP contribution is 2.23. The number of carbonyl (C=O) groups is 2. The predicted octanol–water partition coefficient (Wildman–Crippen LogP) is 3.49. The van der Waals surface area contributed by atoms with Gasteiger partial charge in [0.05, 0.1) is 11.7 Å². The van der Waals surface area contributed by atoms with E-state index in [1.807, 2.05) is 44.2 Å². The Hall–Kier alpha value is -2.62. The molecule has 0 atom stereocenters. The predicted molar refractivity (Wildman–Crippen MR) is 82.1 cm³/mol. The van der Waals surface area contributed by atoms with Crippen LogP contribution in [-0.4, -0.2) is 18.5 Å². The van der Waals surface area contributed by atoms with Crippen molar-refractivity contribution in [3.05, 3.63) is 54.1 Å². The van der Waals surface area contributed by atoms with Gasteiger partial charge in [-0.05, 0) is 49.2 Å². The summed E-state index contributed by atoms with van der Waals surface area (Å²) in [6.45, 7) is 3.63. The normalized spacial score (nSPS) is 10.2. The van der Waals surface area contributed by atoms with Crippen LogP contribution in [0.1, 0.15) is 24.2 Å². The largest absolute Gasteiger partial charge is 0.459 e. The summed E-state index contributed by atoms with van der Waals surface area (Å²) in [5.41, 5.74) is 3.02. The lowest BCUT2D eigenvalue weighted by molar-refractivity contribution is -0.105. The van der Waals surface area contributed by atoms with Crippen LogP contribution in [-0.2, 0) is 9.53 Å². The summed E-state index contributed by atoms with van der Waals surface area (Å²) in [6, 6.07) is 14.6. The number of rotatable bonds is 5. The first kappa shape index (κ1) is 14.8. The summed E-state index contributed by atoms with van der Waals surface area (Å²) in [5, 5.41) is 2.61. The van der Waals surface area contributed by atoms with Gasteiger partial charge in [0.15, 0.2) is 0 Å². The zero-order chi connectivity index (χ0) is 15.2. The Morgan fingerprint density at radius 2 is 1.76 bits per heavy atom. The van der Waals surface area contributed by atoms with Crippen molar-refractivity contribution in [2.75, 3.05) is 5.32 Å². The van der Waals surface area contributed by atoms with E-state index in [4.69, 9.17) is 4.74 Å². The molecule has 1 N–H and O–H groups in total.